The van der Waals surface area contributed by atoms with Crippen LogP contribution in [0.25, 0.3) is 0 Å². The van der Waals surface area contributed by atoms with Crippen LogP contribution in [0.2, 0.25) is 0 Å². The van der Waals surface area contributed by atoms with Crippen LogP contribution >= 0.6 is 0 Å². The zero-order chi connectivity index (χ0) is 17.8. The molecule has 1 amide bonds. The van der Waals surface area contributed by atoms with Crippen molar-refractivity contribution < 1.29 is 14.3 Å². The molecular formula is C19H21N3O3. The van der Waals surface area contributed by atoms with Crippen molar-refractivity contribution in [2.75, 3.05) is 7.11 Å². The molecule has 25 heavy (non-hydrogen) atoms. The molecule has 0 heterocycles. The second kappa shape index (κ2) is 7.25. The number of aliphatic imine (C=N–C) groups is 1. The lowest BCUT2D eigenvalue weighted by Gasteiger charge is -2.12. The van der Waals surface area contributed by atoms with Crippen molar-refractivity contribution in [3.8, 4) is 11.5 Å². The van der Waals surface area contributed by atoms with Gasteiger partial charge in [-0.05, 0) is 35.6 Å². The van der Waals surface area contributed by atoms with Gasteiger partial charge in [-0.25, -0.2) is 0 Å². The van der Waals surface area contributed by atoms with Gasteiger partial charge in [-0.3, -0.25) is 4.79 Å². The van der Waals surface area contributed by atoms with E-state index in [4.69, 9.17) is 20.9 Å². The fraction of sp³-hybridized carbons (Fsp3) is 0.263. The SMILES string of the molecule is COc1ccc(C2CC2C(=O)N=C(N)N)cc1OCc1ccccc1. The summed E-state index contributed by atoms with van der Waals surface area (Å²) < 4.78 is 11.3. The number of nitrogens with zero attached hydrogens (tertiary/aromatic N) is 1. The van der Waals surface area contributed by atoms with Crippen molar-refractivity contribution in [2.45, 2.75) is 18.9 Å². The smallest absolute Gasteiger partial charge is 0.252 e. The summed E-state index contributed by atoms with van der Waals surface area (Å²) in [5.41, 5.74) is 12.6. The number of methoxy groups -OCH3 is 1. The Hall–Kier alpha value is -3.02. The third kappa shape index (κ3) is 4.09. The molecule has 1 aliphatic carbocycles. The van der Waals surface area contributed by atoms with Crippen molar-refractivity contribution in [2.24, 2.45) is 22.4 Å². The highest BCUT2D eigenvalue weighted by Crippen LogP contribution is 2.49. The predicted octanol–water partition coefficient (Wildman–Crippen LogP) is 2.18. The van der Waals surface area contributed by atoms with Crippen LogP contribution in [0, 0.1) is 5.92 Å². The van der Waals surface area contributed by atoms with Gasteiger partial charge in [0.15, 0.2) is 17.5 Å². The molecule has 1 saturated carbocycles. The van der Waals surface area contributed by atoms with Crippen LogP contribution in [-0.4, -0.2) is 19.0 Å². The monoisotopic (exact) mass is 339 g/mol. The van der Waals surface area contributed by atoms with E-state index in [1.165, 1.54) is 0 Å². The van der Waals surface area contributed by atoms with Gasteiger partial charge in [0, 0.05) is 5.92 Å². The summed E-state index contributed by atoms with van der Waals surface area (Å²) in [6, 6.07) is 15.6. The molecule has 0 aromatic heterocycles. The Kier molecular flexibility index (Phi) is 4.88. The van der Waals surface area contributed by atoms with Crippen LogP contribution in [0.4, 0.5) is 0 Å². The van der Waals surface area contributed by atoms with Gasteiger partial charge < -0.3 is 20.9 Å². The van der Waals surface area contributed by atoms with Crippen molar-refractivity contribution in [1.82, 2.24) is 0 Å². The molecule has 0 radical (unpaired) electrons. The maximum atomic E-state index is 11.9. The first-order chi connectivity index (χ1) is 12.1. The average Bonchev–Trinajstić information content (AvgIpc) is 3.41. The van der Waals surface area contributed by atoms with Crippen LogP contribution in [0.3, 0.4) is 0 Å². The third-order valence-electron chi connectivity index (χ3n) is 4.20. The Balaban J connectivity index is 1.72. The largest absolute Gasteiger partial charge is 0.493 e. The number of hydrogen-bond donors (Lipinski definition) is 2. The number of guanidine groups is 1. The van der Waals surface area contributed by atoms with Crippen molar-refractivity contribution in [1.29, 1.82) is 0 Å². The molecule has 3 rings (SSSR count). The summed E-state index contributed by atoms with van der Waals surface area (Å²) in [5, 5.41) is 0. The number of nitrogens with two attached hydrogens (primary N) is 2. The van der Waals surface area contributed by atoms with Crippen molar-refractivity contribution in [3.05, 3.63) is 59.7 Å². The molecule has 2 unspecified atom stereocenters. The van der Waals surface area contributed by atoms with E-state index in [2.05, 4.69) is 4.99 Å². The van der Waals surface area contributed by atoms with Crippen LogP contribution < -0.4 is 20.9 Å². The highest BCUT2D eigenvalue weighted by atomic mass is 16.5. The minimum absolute atomic E-state index is 0.112. The van der Waals surface area contributed by atoms with E-state index in [-0.39, 0.29) is 23.7 Å². The van der Waals surface area contributed by atoms with Crippen LogP contribution in [0.15, 0.2) is 53.5 Å². The van der Waals surface area contributed by atoms with E-state index in [1.54, 1.807) is 7.11 Å². The summed E-state index contributed by atoms with van der Waals surface area (Å²) in [6.07, 6.45) is 0.736. The highest BCUT2D eigenvalue weighted by Gasteiger charge is 2.44. The van der Waals surface area contributed by atoms with Gasteiger partial charge >= 0.3 is 0 Å². The average molecular weight is 339 g/mol. The number of carbonyl (C=O) groups is 1. The van der Waals surface area contributed by atoms with Gasteiger partial charge in [-0.1, -0.05) is 36.4 Å². The molecule has 0 aliphatic heterocycles. The lowest BCUT2D eigenvalue weighted by molar-refractivity contribution is -0.119. The molecule has 2 aromatic rings. The third-order valence-corrected chi connectivity index (χ3v) is 4.20. The number of hydrogen-bond acceptors (Lipinski definition) is 3. The maximum absolute atomic E-state index is 11.9. The number of benzene rings is 2. The van der Waals surface area contributed by atoms with E-state index in [1.807, 2.05) is 48.5 Å². The molecule has 1 fully saturated rings. The zero-order valence-corrected chi connectivity index (χ0v) is 14.0. The number of ether oxygens (including phenoxy) is 2. The van der Waals surface area contributed by atoms with E-state index in [0.717, 1.165) is 17.5 Å². The summed E-state index contributed by atoms with van der Waals surface area (Å²) >= 11 is 0. The standard InChI is InChI=1S/C19H21N3O3/c1-24-16-8-7-13(14-10-15(14)18(23)22-19(20)21)9-17(16)25-11-12-5-3-2-4-6-12/h2-9,14-15H,10-11H2,1H3,(H4,20,21,22,23). The normalized spacial score (nSPS) is 18.3. The summed E-state index contributed by atoms with van der Waals surface area (Å²) in [5.74, 6) is 0.791. The molecule has 2 aromatic carbocycles. The van der Waals surface area contributed by atoms with Gasteiger partial charge in [-0.15, -0.1) is 0 Å². The zero-order valence-electron chi connectivity index (χ0n) is 14.0. The molecule has 4 N–H and O–H groups in total. The van der Waals surface area contributed by atoms with Gasteiger partial charge in [0.1, 0.15) is 6.61 Å². The van der Waals surface area contributed by atoms with Crippen LogP contribution in [-0.2, 0) is 11.4 Å². The van der Waals surface area contributed by atoms with Gasteiger partial charge in [-0.2, -0.15) is 4.99 Å². The minimum Gasteiger partial charge on any atom is -0.493 e. The number of amides is 1. The minimum atomic E-state index is -0.271. The highest BCUT2D eigenvalue weighted by molar-refractivity contribution is 5.94. The van der Waals surface area contributed by atoms with Crippen molar-refractivity contribution in [3.63, 3.8) is 0 Å². The Labute approximate surface area is 146 Å². The number of carbonyl (C=O) groups excluding carboxylic acids is 1. The second-order valence-corrected chi connectivity index (χ2v) is 6.01. The molecule has 0 spiro atoms. The lowest BCUT2D eigenvalue weighted by Crippen LogP contribution is -2.24. The molecule has 1 aliphatic rings. The molecule has 6 heteroatoms. The van der Waals surface area contributed by atoms with Gasteiger partial charge in [0.25, 0.3) is 5.91 Å². The van der Waals surface area contributed by atoms with Crippen molar-refractivity contribution >= 4 is 11.9 Å². The Morgan fingerprint density at radius 3 is 2.60 bits per heavy atom. The number of rotatable bonds is 6. The molecule has 0 bridgehead atoms. The topological polar surface area (TPSA) is 99.9 Å². The second-order valence-electron chi connectivity index (χ2n) is 6.01. The van der Waals surface area contributed by atoms with Gasteiger partial charge in [0.05, 0.1) is 7.11 Å². The van der Waals surface area contributed by atoms with E-state index in [9.17, 15) is 4.79 Å². The first-order valence-corrected chi connectivity index (χ1v) is 8.06. The Morgan fingerprint density at radius 1 is 1.16 bits per heavy atom. The van der Waals surface area contributed by atoms with Crippen LogP contribution in [0.1, 0.15) is 23.5 Å². The van der Waals surface area contributed by atoms with E-state index < -0.39 is 0 Å². The summed E-state index contributed by atoms with van der Waals surface area (Å²) in [7, 11) is 1.60. The molecule has 130 valence electrons. The summed E-state index contributed by atoms with van der Waals surface area (Å²) in [6.45, 7) is 0.446. The summed E-state index contributed by atoms with van der Waals surface area (Å²) in [4.78, 5) is 15.5. The van der Waals surface area contributed by atoms with E-state index >= 15 is 0 Å². The Bertz CT molecular complexity index is 786. The lowest BCUT2D eigenvalue weighted by atomic mass is 10.1. The first-order valence-electron chi connectivity index (χ1n) is 8.06. The first kappa shape index (κ1) is 16.8. The maximum Gasteiger partial charge on any atom is 0.252 e. The molecule has 0 saturated heterocycles. The molecule has 2 atom stereocenters. The van der Waals surface area contributed by atoms with E-state index in [0.29, 0.717) is 18.1 Å². The molecular weight excluding hydrogens is 318 g/mol. The fourth-order valence-corrected chi connectivity index (χ4v) is 2.82. The van der Waals surface area contributed by atoms with Crippen LogP contribution in [0.5, 0.6) is 11.5 Å². The fourth-order valence-electron chi connectivity index (χ4n) is 2.82. The Morgan fingerprint density at radius 2 is 1.92 bits per heavy atom. The quantitative estimate of drug-likeness (QED) is 0.620. The van der Waals surface area contributed by atoms with Gasteiger partial charge in [0.2, 0.25) is 0 Å². The molecule has 6 nitrogen and oxygen atoms in total. The predicted molar refractivity (Wildman–Crippen MR) is 95.4 cm³/mol.